The van der Waals surface area contributed by atoms with Gasteiger partial charge in [0.25, 0.3) is 0 Å². The van der Waals surface area contributed by atoms with Crippen LogP contribution in [0.5, 0.6) is 0 Å². The van der Waals surface area contributed by atoms with Gasteiger partial charge in [-0.25, -0.2) is 4.79 Å². The number of benzene rings is 2. The van der Waals surface area contributed by atoms with Crippen molar-refractivity contribution in [3.63, 3.8) is 0 Å². The van der Waals surface area contributed by atoms with Crippen molar-refractivity contribution in [3.8, 4) is 22.9 Å². The fourth-order valence-corrected chi connectivity index (χ4v) is 2.10. The van der Waals surface area contributed by atoms with Crippen molar-refractivity contribution in [1.82, 2.24) is 10.2 Å². The number of ether oxygens (including phenoxy) is 1. The Hall–Kier alpha value is -2.95. The number of hydrogen-bond donors (Lipinski definition) is 0. The number of rotatable bonds is 3. The lowest BCUT2D eigenvalue weighted by molar-refractivity contribution is 0.0601. The number of aromatic nitrogens is 2. The molecule has 0 spiro atoms. The maximum Gasteiger partial charge on any atom is 0.337 e. The highest BCUT2D eigenvalue weighted by molar-refractivity contribution is 5.89. The van der Waals surface area contributed by atoms with Crippen molar-refractivity contribution >= 4 is 5.97 Å². The topological polar surface area (TPSA) is 65.2 Å². The van der Waals surface area contributed by atoms with Gasteiger partial charge in [0.15, 0.2) is 0 Å². The van der Waals surface area contributed by atoms with Gasteiger partial charge in [-0.05, 0) is 43.3 Å². The molecule has 0 bridgehead atoms. The summed E-state index contributed by atoms with van der Waals surface area (Å²) < 4.78 is 10.4. The van der Waals surface area contributed by atoms with E-state index in [4.69, 9.17) is 4.42 Å². The van der Waals surface area contributed by atoms with Gasteiger partial charge in [0.1, 0.15) is 0 Å². The molecule has 0 aliphatic heterocycles. The van der Waals surface area contributed by atoms with Gasteiger partial charge in [0.05, 0.1) is 12.7 Å². The molecule has 0 aliphatic carbocycles. The van der Waals surface area contributed by atoms with Crippen LogP contribution in [-0.2, 0) is 4.74 Å². The molecule has 1 heterocycles. The molecule has 5 heteroatoms. The van der Waals surface area contributed by atoms with E-state index >= 15 is 0 Å². The van der Waals surface area contributed by atoms with Crippen molar-refractivity contribution in [1.29, 1.82) is 0 Å². The highest BCUT2D eigenvalue weighted by atomic mass is 16.5. The third-order valence-corrected chi connectivity index (χ3v) is 3.24. The van der Waals surface area contributed by atoms with Crippen LogP contribution in [0.25, 0.3) is 22.9 Å². The van der Waals surface area contributed by atoms with E-state index in [1.54, 1.807) is 24.3 Å². The zero-order valence-electron chi connectivity index (χ0n) is 12.2. The van der Waals surface area contributed by atoms with Gasteiger partial charge in [0, 0.05) is 11.1 Å². The van der Waals surface area contributed by atoms with Crippen molar-refractivity contribution < 1.29 is 13.9 Å². The molecule has 0 saturated carbocycles. The van der Waals surface area contributed by atoms with Crippen molar-refractivity contribution in [2.75, 3.05) is 7.11 Å². The summed E-state index contributed by atoms with van der Waals surface area (Å²) >= 11 is 0. The van der Waals surface area contributed by atoms with E-state index in [9.17, 15) is 4.79 Å². The Morgan fingerprint density at radius 2 is 1.68 bits per heavy atom. The quantitative estimate of drug-likeness (QED) is 0.692. The van der Waals surface area contributed by atoms with Crippen molar-refractivity contribution in [3.05, 3.63) is 59.7 Å². The van der Waals surface area contributed by atoms with E-state index in [2.05, 4.69) is 14.9 Å². The van der Waals surface area contributed by atoms with Gasteiger partial charge in [-0.15, -0.1) is 10.2 Å². The number of methoxy groups -OCH3 is 1. The molecule has 0 unspecified atom stereocenters. The Bertz CT molecular complexity index is 807. The first kappa shape index (κ1) is 14.0. The molecule has 0 fully saturated rings. The van der Waals surface area contributed by atoms with Gasteiger partial charge in [-0.2, -0.15) is 0 Å². The fourth-order valence-electron chi connectivity index (χ4n) is 2.10. The van der Waals surface area contributed by atoms with E-state index < -0.39 is 0 Å². The molecule has 0 radical (unpaired) electrons. The Kier molecular flexibility index (Phi) is 3.70. The van der Waals surface area contributed by atoms with Crippen LogP contribution >= 0.6 is 0 Å². The van der Waals surface area contributed by atoms with Crippen LogP contribution in [0.15, 0.2) is 52.9 Å². The van der Waals surface area contributed by atoms with Gasteiger partial charge < -0.3 is 9.15 Å². The monoisotopic (exact) mass is 294 g/mol. The second-order valence-corrected chi connectivity index (χ2v) is 4.85. The third-order valence-electron chi connectivity index (χ3n) is 3.24. The van der Waals surface area contributed by atoms with Crippen LogP contribution in [0.4, 0.5) is 0 Å². The number of nitrogens with zero attached hydrogens (tertiary/aromatic N) is 2. The summed E-state index contributed by atoms with van der Waals surface area (Å²) in [6.07, 6.45) is 0. The first-order valence-electron chi connectivity index (χ1n) is 6.76. The van der Waals surface area contributed by atoms with Crippen LogP contribution in [0.1, 0.15) is 15.9 Å². The molecule has 1 aromatic heterocycles. The van der Waals surface area contributed by atoms with E-state index in [0.717, 1.165) is 16.7 Å². The van der Waals surface area contributed by atoms with Gasteiger partial charge >= 0.3 is 5.97 Å². The Balaban J connectivity index is 1.89. The Morgan fingerprint density at radius 1 is 1.00 bits per heavy atom. The van der Waals surface area contributed by atoms with Crippen LogP contribution < -0.4 is 0 Å². The zero-order chi connectivity index (χ0) is 15.5. The van der Waals surface area contributed by atoms with Gasteiger partial charge in [-0.1, -0.05) is 17.7 Å². The molecular formula is C17H14N2O3. The fraction of sp³-hybridized carbons (Fsp3) is 0.118. The standard InChI is InChI=1S/C17H14N2O3/c1-11-4-3-5-14(10-11)16-19-18-15(22-16)12-6-8-13(9-7-12)17(20)21-2/h3-10H,1-2H3. The summed E-state index contributed by atoms with van der Waals surface area (Å²) in [4.78, 5) is 11.4. The van der Waals surface area contributed by atoms with Crippen LogP contribution in [0.2, 0.25) is 0 Å². The smallest absolute Gasteiger partial charge is 0.337 e. The van der Waals surface area contributed by atoms with E-state index in [0.29, 0.717) is 17.3 Å². The second kappa shape index (κ2) is 5.81. The van der Waals surface area contributed by atoms with Crippen molar-refractivity contribution in [2.24, 2.45) is 0 Å². The normalized spacial score (nSPS) is 10.5. The van der Waals surface area contributed by atoms with E-state index in [1.165, 1.54) is 7.11 Å². The zero-order valence-corrected chi connectivity index (χ0v) is 12.2. The van der Waals surface area contributed by atoms with Crippen molar-refractivity contribution in [2.45, 2.75) is 6.92 Å². The number of carbonyl (C=O) groups excluding carboxylic acids is 1. The molecule has 0 aliphatic rings. The summed E-state index contributed by atoms with van der Waals surface area (Å²) in [7, 11) is 1.35. The Labute approximate surface area is 127 Å². The first-order chi connectivity index (χ1) is 10.7. The first-order valence-corrected chi connectivity index (χ1v) is 6.76. The highest BCUT2D eigenvalue weighted by Crippen LogP contribution is 2.24. The van der Waals surface area contributed by atoms with Crippen LogP contribution in [0.3, 0.4) is 0 Å². The Morgan fingerprint density at radius 3 is 2.32 bits per heavy atom. The van der Waals surface area contributed by atoms with Crippen LogP contribution in [-0.4, -0.2) is 23.3 Å². The molecule has 0 saturated heterocycles. The summed E-state index contributed by atoms with van der Waals surface area (Å²) in [6, 6.07) is 14.7. The number of esters is 1. The molecule has 0 amide bonds. The molecule has 3 rings (SSSR count). The number of aryl methyl sites for hydroxylation is 1. The summed E-state index contributed by atoms with van der Waals surface area (Å²) in [5.41, 5.74) is 3.23. The molecule has 0 N–H and O–H groups in total. The lowest BCUT2D eigenvalue weighted by Crippen LogP contribution is -2.00. The maximum atomic E-state index is 11.4. The lowest BCUT2D eigenvalue weighted by Gasteiger charge is -1.99. The molecule has 0 atom stereocenters. The number of carbonyl (C=O) groups is 1. The highest BCUT2D eigenvalue weighted by Gasteiger charge is 2.11. The summed E-state index contributed by atoms with van der Waals surface area (Å²) in [6.45, 7) is 2.01. The van der Waals surface area contributed by atoms with E-state index in [1.807, 2.05) is 31.2 Å². The number of hydrogen-bond acceptors (Lipinski definition) is 5. The molecule has 22 heavy (non-hydrogen) atoms. The third kappa shape index (κ3) is 2.74. The molecular weight excluding hydrogens is 280 g/mol. The SMILES string of the molecule is COC(=O)c1ccc(-c2nnc(-c3cccc(C)c3)o2)cc1. The largest absolute Gasteiger partial charge is 0.465 e. The summed E-state index contributed by atoms with van der Waals surface area (Å²) in [5.74, 6) is 0.501. The minimum atomic E-state index is -0.377. The van der Waals surface area contributed by atoms with Gasteiger partial charge in [-0.3, -0.25) is 0 Å². The summed E-state index contributed by atoms with van der Waals surface area (Å²) in [5, 5.41) is 8.12. The molecule has 5 nitrogen and oxygen atoms in total. The lowest BCUT2D eigenvalue weighted by atomic mass is 10.1. The average molecular weight is 294 g/mol. The minimum absolute atomic E-state index is 0.377. The van der Waals surface area contributed by atoms with E-state index in [-0.39, 0.29) is 5.97 Å². The second-order valence-electron chi connectivity index (χ2n) is 4.85. The maximum absolute atomic E-state index is 11.4. The molecule has 2 aromatic carbocycles. The average Bonchev–Trinajstić information content (AvgIpc) is 3.04. The molecule has 3 aromatic rings. The minimum Gasteiger partial charge on any atom is -0.465 e. The predicted octanol–water partition coefficient (Wildman–Crippen LogP) is 3.50. The van der Waals surface area contributed by atoms with Crippen LogP contribution in [0, 0.1) is 6.92 Å². The predicted molar refractivity (Wildman–Crippen MR) is 81.2 cm³/mol. The van der Waals surface area contributed by atoms with Gasteiger partial charge in [0.2, 0.25) is 11.8 Å². The molecule has 110 valence electrons.